The molecule has 0 fully saturated rings. The zero-order chi connectivity index (χ0) is 18.5. The van der Waals surface area contributed by atoms with E-state index in [1.165, 1.54) is 36.5 Å². The molecule has 0 atom stereocenters. The number of anilines is 2. The Morgan fingerprint density at radius 2 is 1.77 bits per heavy atom. The SMILES string of the molecule is O=C(Nc1ccc(F)c(Cl)c1)c1cc(NCc2ccc(F)cc2)ccn1. The Morgan fingerprint density at radius 3 is 2.50 bits per heavy atom. The second-order valence-corrected chi connectivity index (χ2v) is 5.90. The second kappa shape index (κ2) is 7.93. The van der Waals surface area contributed by atoms with Crippen LogP contribution in [0.25, 0.3) is 0 Å². The van der Waals surface area contributed by atoms with Crippen molar-refractivity contribution in [2.75, 3.05) is 10.6 Å². The van der Waals surface area contributed by atoms with Gasteiger partial charge >= 0.3 is 0 Å². The summed E-state index contributed by atoms with van der Waals surface area (Å²) in [6.07, 6.45) is 1.50. The minimum absolute atomic E-state index is 0.0783. The fourth-order valence-corrected chi connectivity index (χ4v) is 2.42. The van der Waals surface area contributed by atoms with Gasteiger partial charge in [0.25, 0.3) is 5.91 Å². The van der Waals surface area contributed by atoms with Crippen LogP contribution in [0.2, 0.25) is 5.02 Å². The van der Waals surface area contributed by atoms with E-state index in [1.807, 2.05) is 0 Å². The van der Waals surface area contributed by atoms with Gasteiger partial charge in [0.1, 0.15) is 17.3 Å². The van der Waals surface area contributed by atoms with Gasteiger partial charge in [0.15, 0.2) is 0 Å². The summed E-state index contributed by atoms with van der Waals surface area (Å²) in [4.78, 5) is 16.3. The van der Waals surface area contributed by atoms with Gasteiger partial charge in [0.05, 0.1) is 5.02 Å². The normalized spacial score (nSPS) is 10.4. The molecule has 1 aromatic heterocycles. The highest BCUT2D eigenvalue weighted by Crippen LogP contribution is 2.20. The molecule has 26 heavy (non-hydrogen) atoms. The molecule has 0 aliphatic rings. The first-order chi connectivity index (χ1) is 12.5. The van der Waals surface area contributed by atoms with E-state index in [9.17, 15) is 13.6 Å². The molecule has 0 spiro atoms. The lowest BCUT2D eigenvalue weighted by molar-refractivity contribution is 0.102. The average molecular weight is 374 g/mol. The van der Waals surface area contributed by atoms with Gasteiger partial charge in [-0.05, 0) is 48.0 Å². The highest BCUT2D eigenvalue weighted by molar-refractivity contribution is 6.31. The van der Waals surface area contributed by atoms with E-state index in [4.69, 9.17) is 11.6 Å². The van der Waals surface area contributed by atoms with Crippen LogP contribution in [0, 0.1) is 11.6 Å². The van der Waals surface area contributed by atoms with Gasteiger partial charge in [-0.2, -0.15) is 0 Å². The van der Waals surface area contributed by atoms with Crippen LogP contribution < -0.4 is 10.6 Å². The van der Waals surface area contributed by atoms with Gasteiger partial charge in [0.2, 0.25) is 0 Å². The summed E-state index contributed by atoms with van der Waals surface area (Å²) in [5, 5.41) is 5.68. The van der Waals surface area contributed by atoms with Gasteiger partial charge in [-0.25, -0.2) is 8.78 Å². The lowest BCUT2D eigenvalue weighted by Crippen LogP contribution is -2.14. The molecule has 0 radical (unpaired) electrons. The summed E-state index contributed by atoms with van der Waals surface area (Å²) in [7, 11) is 0. The lowest BCUT2D eigenvalue weighted by atomic mass is 10.2. The Hall–Kier alpha value is -2.99. The van der Waals surface area contributed by atoms with Crippen molar-refractivity contribution in [2.45, 2.75) is 6.54 Å². The van der Waals surface area contributed by atoms with E-state index in [2.05, 4.69) is 15.6 Å². The minimum atomic E-state index is -0.560. The molecule has 1 amide bonds. The number of nitrogens with one attached hydrogen (secondary N) is 2. The molecule has 0 bridgehead atoms. The molecule has 1 heterocycles. The summed E-state index contributed by atoms with van der Waals surface area (Å²) >= 11 is 5.70. The van der Waals surface area contributed by atoms with Gasteiger partial charge in [-0.3, -0.25) is 9.78 Å². The maximum absolute atomic E-state index is 13.2. The zero-order valence-electron chi connectivity index (χ0n) is 13.5. The van der Waals surface area contributed by atoms with Crippen LogP contribution in [0.1, 0.15) is 16.1 Å². The number of rotatable bonds is 5. The topological polar surface area (TPSA) is 54.0 Å². The van der Waals surface area contributed by atoms with Crippen molar-refractivity contribution >= 4 is 28.9 Å². The highest BCUT2D eigenvalue weighted by Gasteiger charge is 2.10. The Labute approximate surface area is 153 Å². The van der Waals surface area contributed by atoms with Crippen molar-refractivity contribution in [1.82, 2.24) is 4.98 Å². The number of amides is 1. The fourth-order valence-electron chi connectivity index (χ4n) is 2.24. The van der Waals surface area contributed by atoms with Crippen molar-refractivity contribution in [3.63, 3.8) is 0 Å². The molecule has 3 aromatic rings. The van der Waals surface area contributed by atoms with Crippen molar-refractivity contribution in [1.29, 1.82) is 0 Å². The molecule has 0 unspecified atom stereocenters. The smallest absolute Gasteiger partial charge is 0.274 e. The number of benzene rings is 2. The number of aromatic nitrogens is 1. The molecule has 2 aromatic carbocycles. The number of halogens is 3. The second-order valence-electron chi connectivity index (χ2n) is 5.49. The molecule has 0 saturated heterocycles. The van der Waals surface area contributed by atoms with E-state index in [0.717, 1.165) is 5.56 Å². The predicted octanol–water partition coefficient (Wildman–Crippen LogP) is 4.88. The molecule has 132 valence electrons. The van der Waals surface area contributed by atoms with Crippen LogP contribution in [0.4, 0.5) is 20.2 Å². The van der Waals surface area contributed by atoms with Crippen LogP contribution in [0.15, 0.2) is 60.8 Å². The maximum atomic E-state index is 13.2. The minimum Gasteiger partial charge on any atom is -0.381 e. The molecule has 2 N–H and O–H groups in total. The third-order valence-electron chi connectivity index (χ3n) is 3.58. The fraction of sp³-hybridized carbons (Fsp3) is 0.0526. The first kappa shape index (κ1) is 17.8. The summed E-state index contributed by atoms with van der Waals surface area (Å²) in [6.45, 7) is 0.471. The number of nitrogens with zero attached hydrogens (tertiary/aromatic N) is 1. The number of carbonyl (C=O) groups excluding carboxylic acids is 1. The third-order valence-corrected chi connectivity index (χ3v) is 3.87. The average Bonchev–Trinajstić information content (AvgIpc) is 2.64. The Kier molecular flexibility index (Phi) is 5.43. The Morgan fingerprint density at radius 1 is 1.00 bits per heavy atom. The standard InChI is InChI=1S/C19H14ClF2N3O/c20-16-9-15(5-6-17(16)22)25-19(26)18-10-14(7-8-23-18)24-11-12-1-3-13(21)4-2-12/h1-10H,11H2,(H,23,24)(H,25,26). The van der Waals surface area contributed by atoms with E-state index in [-0.39, 0.29) is 16.5 Å². The summed E-state index contributed by atoms with van der Waals surface area (Å²) < 4.78 is 26.1. The molecule has 3 rings (SSSR count). The van der Waals surface area contributed by atoms with Crippen LogP contribution in [-0.4, -0.2) is 10.9 Å². The van der Waals surface area contributed by atoms with E-state index >= 15 is 0 Å². The lowest BCUT2D eigenvalue weighted by Gasteiger charge is -2.09. The summed E-state index contributed by atoms with van der Waals surface area (Å²) in [5.74, 6) is -1.30. The Bertz CT molecular complexity index is 932. The maximum Gasteiger partial charge on any atom is 0.274 e. The van der Waals surface area contributed by atoms with Gasteiger partial charge < -0.3 is 10.6 Å². The quantitative estimate of drug-likeness (QED) is 0.670. The number of pyridine rings is 1. The van der Waals surface area contributed by atoms with Crippen molar-refractivity contribution in [3.8, 4) is 0 Å². The van der Waals surface area contributed by atoms with E-state index < -0.39 is 11.7 Å². The number of carbonyl (C=O) groups is 1. The molecule has 0 aliphatic heterocycles. The molecular formula is C19H14ClF2N3O. The van der Waals surface area contributed by atoms with Crippen molar-refractivity contribution in [3.05, 3.63) is 88.7 Å². The van der Waals surface area contributed by atoms with Crippen LogP contribution in [0.5, 0.6) is 0 Å². The molecule has 7 heteroatoms. The van der Waals surface area contributed by atoms with Gasteiger partial charge in [0, 0.05) is 24.1 Å². The predicted molar refractivity (Wildman–Crippen MR) is 97.3 cm³/mol. The molecule has 0 saturated carbocycles. The number of hydrogen-bond acceptors (Lipinski definition) is 3. The molecular weight excluding hydrogens is 360 g/mol. The highest BCUT2D eigenvalue weighted by atomic mass is 35.5. The van der Waals surface area contributed by atoms with Gasteiger partial charge in [-0.1, -0.05) is 23.7 Å². The van der Waals surface area contributed by atoms with E-state index in [1.54, 1.807) is 24.3 Å². The Balaban J connectivity index is 1.66. The first-order valence-electron chi connectivity index (χ1n) is 7.72. The van der Waals surface area contributed by atoms with Crippen LogP contribution in [0.3, 0.4) is 0 Å². The molecule has 0 aliphatic carbocycles. The zero-order valence-corrected chi connectivity index (χ0v) is 14.2. The van der Waals surface area contributed by atoms with Crippen molar-refractivity contribution in [2.24, 2.45) is 0 Å². The summed E-state index contributed by atoms with van der Waals surface area (Å²) in [5.41, 5.74) is 2.14. The molecule has 4 nitrogen and oxygen atoms in total. The number of hydrogen-bond donors (Lipinski definition) is 2. The van der Waals surface area contributed by atoms with Gasteiger partial charge in [-0.15, -0.1) is 0 Å². The van der Waals surface area contributed by atoms with Crippen LogP contribution >= 0.6 is 11.6 Å². The summed E-state index contributed by atoms with van der Waals surface area (Å²) in [6, 6.07) is 13.3. The monoisotopic (exact) mass is 373 g/mol. The van der Waals surface area contributed by atoms with E-state index in [0.29, 0.717) is 17.9 Å². The first-order valence-corrected chi connectivity index (χ1v) is 8.10. The third kappa shape index (κ3) is 4.55. The largest absolute Gasteiger partial charge is 0.381 e. The van der Waals surface area contributed by atoms with Crippen LogP contribution in [-0.2, 0) is 6.54 Å². The van der Waals surface area contributed by atoms with Crippen molar-refractivity contribution < 1.29 is 13.6 Å².